The summed E-state index contributed by atoms with van der Waals surface area (Å²) in [5.41, 5.74) is 0.400. The van der Waals surface area contributed by atoms with Crippen LogP contribution in [-0.2, 0) is 0 Å². The lowest BCUT2D eigenvalue weighted by atomic mass is 9.84. The van der Waals surface area contributed by atoms with E-state index < -0.39 is 4.92 Å². The molecule has 1 amide bonds. The Morgan fingerprint density at radius 1 is 1.38 bits per heavy atom. The molecule has 1 aromatic carbocycles. The molecule has 0 spiro atoms. The van der Waals surface area contributed by atoms with Crippen LogP contribution < -0.4 is 5.32 Å². The van der Waals surface area contributed by atoms with Crippen molar-refractivity contribution in [2.24, 2.45) is 17.8 Å². The molecule has 8 heteroatoms. The second kappa shape index (κ2) is 6.51. The van der Waals surface area contributed by atoms with Gasteiger partial charge in [-0.15, -0.1) is 0 Å². The predicted octanol–water partition coefficient (Wildman–Crippen LogP) is 2.73. The lowest BCUT2D eigenvalue weighted by Crippen LogP contribution is -2.40. The van der Waals surface area contributed by atoms with Crippen LogP contribution in [0.3, 0.4) is 0 Å². The van der Waals surface area contributed by atoms with Crippen LogP contribution in [0.1, 0.15) is 43.0 Å². The van der Waals surface area contributed by atoms with E-state index >= 15 is 0 Å². The lowest BCUT2D eigenvalue weighted by molar-refractivity contribution is -0.384. The fourth-order valence-electron chi connectivity index (χ4n) is 4.64. The minimum absolute atomic E-state index is 0.0758. The number of nitro groups is 1. The van der Waals surface area contributed by atoms with Crippen molar-refractivity contribution < 1.29 is 9.72 Å². The van der Waals surface area contributed by atoms with Gasteiger partial charge in [-0.25, -0.2) is 9.67 Å². The Kier molecular flexibility index (Phi) is 4.18. The van der Waals surface area contributed by atoms with Crippen molar-refractivity contribution in [3.05, 3.63) is 46.5 Å². The summed E-state index contributed by atoms with van der Waals surface area (Å²) in [5, 5.41) is 18.4. The Morgan fingerprint density at radius 2 is 2.23 bits per heavy atom. The van der Waals surface area contributed by atoms with Gasteiger partial charge in [-0.1, -0.05) is 6.42 Å². The molecular weight excluding hydrogens is 334 g/mol. The molecule has 26 heavy (non-hydrogen) atoms. The van der Waals surface area contributed by atoms with Gasteiger partial charge in [0.15, 0.2) is 0 Å². The van der Waals surface area contributed by atoms with E-state index in [9.17, 15) is 14.9 Å². The summed E-state index contributed by atoms with van der Waals surface area (Å²) >= 11 is 0. The number of carbonyl (C=O) groups excluding carboxylic acids is 1. The Bertz CT molecular complexity index is 835. The molecule has 8 nitrogen and oxygen atoms in total. The van der Waals surface area contributed by atoms with E-state index in [0.29, 0.717) is 11.8 Å². The average molecular weight is 355 g/mol. The largest absolute Gasteiger partial charge is 0.349 e. The molecule has 0 saturated heterocycles. The highest BCUT2D eigenvalue weighted by Gasteiger charge is 2.42. The van der Waals surface area contributed by atoms with E-state index in [2.05, 4.69) is 15.4 Å². The third-order valence-corrected chi connectivity index (χ3v) is 5.89. The van der Waals surface area contributed by atoms with E-state index in [0.717, 1.165) is 5.92 Å². The number of carbonyl (C=O) groups is 1. The molecule has 2 aliphatic rings. The van der Waals surface area contributed by atoms with Gasteiger partial charge in [-0.3, -0.25) is 14.9 Å². The van der Waals surface area contributed by atoms with Gasteiger partial charge >= 0.3 is 0 Å². The van der Waals surface area contributed by atoms with Crippen molar-refractivity contribution in [2.75, 3.05) is 0 Å². The van der Waals surface area contributed by atoms with Crippen molar-refractivity contribution in [1.29, 1.82) is 0 Å². The van der Waals surface area contributed by atoms with Crippen LogP contribution in [-0.4, -0.2) is 31.6 Å². The molecule has 2 fully saturated rings. The highest BCUT2D eigenvalue weighted by molar-refractivity contribution is 5.95. The van der Waals surface area contributed by atoms with E-state index in [-0.39, 0.29) is 28.9 Å². The predicted molar refractivity (Wildman–Crippen MR) is 93.9 cm³/mol. The van der Waals surface area contributed by atoms with Gasteiger partial charge in [0.25, 0.3) is 11.6 Å². The van der Waals surface area contributed by atoms with E-state index in [1.54, 1.807) is 6.07 Å². The van der Waals surface area contributed by atoms with Crippen LogP contribution in [0.15, 0.2) is 30.9 Å². The molecule has 1 N–H and O–H groups in total. The lowest BCUT2D eigenvalue weighted by Gasteiger charge is -2.28. The van der Waals surface area contributed by atoms with Gasteiger partial charge in [0.2, 0.25) is 0 Å². The maximum Gasteiger partial charge on any atom is 0.295 e. The number of benzene rings is 1. The molecule has 1 heterocycles. The maximum atomic E-state index is 12.6. The van der Waals surface area contributed by atoms with Crippen LogP contribution in [0, 0.1) is 27.9 Å². The standard InChI is InChI=1S/C18H21N5O3/c1-11(15-7-12-2-3-13(15)6-12)21-18(24)14-4-5-16(17(8-14)23(25)26)22-10-19-9-20-22/h4-5,8-13,15H,2-3,6-7H2,1H3,(H,21,24). The Morgan fingerprint density at radius 3 is 2.85 bits per heavy atom. The van der Waals surface area contributed by atoms with Gasteiger partial charge < -0.3 is 5.32 Å². The fourth-order valence-corrected chi connectivity index (χ4v) is 4.64. The fraction of sp³-hybridized carbons (Fsp3) is 0.500. The van der Waals surface area contributed by atoms with Crippen LogP contribution in [0.2, 0.25) is 0 Å². The molecule has 0 aliphatic heterocycles. The summed E-state index contributed by atoms with van der Waals surface area (Å²) in [6.07, 6.45) is 7.73. The molecule has 1 aromatic heterocycles. The quantitative estimate of drug-likeness (QED) is 0.656. The number of nitrogens with zero attached hydrogens (tertiary/aromatic N) is 4. The van der Waals surface area contributed by atoms with Crippen LogP contribution >= 0.6 is 0 Å². The number of nitrogens with one attached hydrogen (secondary N) is 1. The van der Waals surface area contributed by atoms with Gasteiger partial charge in [0.1, 0.15) is 18.3 Å². The monoisotopic (exact) mass is 355 g/mol. The first kappa shape index (κ1) is 16.7. The number of aromatic nitrogens is 3. The summed E-state index contributed by atoms with van der Waals surface area (Å²) < 4.78 is 1.32. The minimum Gasteiger partial charge on any atom is -0.349 e. The Labute approximate surface area is 150 Å². The normalized spacial score (nSPS) is 25.2. The first-order valence-electron chi connectivity index (χ1n) is 8.97. The Balaban J connectivity index is 1.52. The molecule has 4 unspecified atom stereocenters. The van der Waals surface area contributed by atoms with Gasteiger partial charge in [-0.05, 0) is 56.1 Å². The summed E-state index contributed by atoms with van der Waals surface area (Å²) in [4.78, 5) is 27.3. The smallest absolute Gasteiger partial charge is 0.295 e. The highest BCUT2D eigenvalue weighted by atomic mass is 16.6. The summed E-state index contributed by atoms with van der Waals surface area (Å²) in [7, 11) is 0. The second-order valence-corrected chi connectivity index (χ2v) is 7.40. The minimum atomic E-state index is -0.507. The van der Waals surface area contributed by atoms with Crippen molar-refractivity contribution >= 4 is 11.6 Å². The second-order valence-electron chi connectivity index (χ2n) is 7.40. The average Bonchev–Trinajstić information content (AvgIpc) is 3.38. The Hall–Kier alpha value is -2.77. The zero-order valence-corrected chi connectivity index (χ0v) is 14.5. The van der Waals surface area contributed by atoms with Crippen molar-refractivity contribution in [3.8, 4) is 5.69 Å². The number of hydrogen-bond acceptors (Lipinski definition) is 5. The zero-order chi connectivity index (χ0) is 18.3. The zero-order valence-electron chi connectivity index (χ0n) is 14.5. The number of rotatable bonds is 5. The number of nitro benzene ring substituents is 1. The third kappa shape index (κ3) is 2.95. The van der Waals surface area contributed by atoms with Crippen LogP contribution in [0.25, 0.3) is 5.69 Å². The van der Waals surface area contributed by atoms with Crippen molar-refractivity contribution in [2.45, 2.75) is 38.6 Å². The van der Waals surface area contributed by atoms with Crippen molar-refractivity contribution in [1.82, 2.24) is 20.1 Å². The number of fused-ring (bicyclic) bond motifs is 2. The molecule has 0 radical (unpaired) electrons. The van der Waals surface area contributed by atoms with Gasteiger partial charge in [-0.2, -0.15) is 5.10 Å². The molecule has 4 rings (SSSR count). The van der Waals surface area contributed by atoms with Crippen LogP contribution in [0.5, 0.6) is 0 Å². The molecule has 2 aliphatic carbocycles. The van der Waals surface area contributed by atoms with Crippen LogP contribution in [0.4, 0.5) is 5.69 Å². The number of hydrogen-bond donors (Lipinski definition) is 1. The number of amides is 1. The van der Waals surface area contributed by atoms with E-state index in [4.69, 9.17) is 0 Å². The molecule has 2 bridgehead atoms. The van der Waals surface area contributed by atoms with Crippen molar-refractivity contribution in [3.63, 3.8) is 0 Å². The highest BCUT2D eigenvalue weighted by Crippen LogP contribution is 2.49. The summed E-state index contributed by atoms with van der Waals surface area (Å²) in [6, 6.07) is 4.50. The summed E-state index contributed by atoms with van der Waals surface area (Å²) in [5.74, 6) is 1.77. The first-order valence-corrected chi connectivity index (χ1v) is 8.97. The van der Waals surface area contributed by atoms with E-state index in [1.807, 2.05) is 6.92 Å². The van der Waals surface area contributed by atoms with Gasteiger partial charge in [0, 0.05) is 17.7 Å². The molecule has 136 valence electrons. The maximum absolute atomic E-state index is 12.6. The topological polar surface area (TPSA) is 103 Å². The van der Waals surface area contributed by atoms with Gasteiger partial charge in [0.05, 0.1) is 4.92 Å². The van der Waals surface area contributed by atoms with E-state index in [1.165, 1.54) is 55.2 Å². The molecular formula is C18H21N5O3. The third-order valence-electron chi connectivity index (χ3n) is 5.89. The summed E-state index contributed by atoms with van der Waals surface area (Å²) in [6.45, 7) is 2.04. The SMILES string of the molecule is CC(NC(=O)c1ccc(-n2cncn2)c([N+](=O)[O-])c1)C1CC2CCC1C2. The first-order chi connectivity index (χ1) is 12.5. The molecule has 4 atom stereocenters. The molecule has 2 aromatic rings. The molecule has 2 saturated carbocycles.